The van der Waals surface area contributed by atoms with Crippen molar-refractivity contribution in [3.8, 4) is 0 Å². The first-order chi connectivity index (χ1) is 7.43. The fraction of sp³-hybridized carbons (Fsp3) is 0.250. The minimum absolute atomic E-state index is 0.951. The standard InChI is InChI=1S/C12H13N3/c1-4-10(8-13-5-1)11-7-9-3-2-6-14-12(9)15-11/h2-4,6-7,13H,1,5,8H2,(H,14,15). The normalized spacial score (nSPS) is 16.7. The summed E-state index contributed by atoms with van der Waals surface area (Å²) in [7, 11) is 0. The van der Waals surface area contributed by atoms with Crippen molar-refractivity contribution >= 4 is 16.6 Å². The molecule has 15 heavy (non-hydrogen) atoms. The van der Waals surface area contributed by atoms with E-state index in [1.807, 2.05) is 12.3 Å². The molecule has 0 atom stereocenters. The number of rotatable bonds is 1. The Morgan fingerprint density at radius 1 is 1.33 bits per heavy atom. The highest BCUT2D eigenvalue weighted by molar-refractivity contribution is 5.82. The van der Waals surface area contributed by atoms with Crippen molar-refractivity contribution in [3.63, 3.8) is 0 Å². The topological polar surface area (TPSA) is 40.7 Å². The van der Waals surface area contributed by atoms with E-state index >= 15 is 0 Å². The first-order valence-corrected chi connectivity index (χ1v) is 5.27. The zero-order valence-corrected chi connectivity index (χ0v) is 8.46. The zero-order chi connectivity index (χ0) is 10.1. The summed E-state index contributed by atoms with van der Waals surface area (Å²) in [4.78, 5) is 7.64. The lowest BCUT2D eigenvalue weighted by molar-refractivity contribution is 0.738. The van der Waals surface area contributed by atoms with Crippen LogP contribution in [0.25, 0.3) is 16.6 Å². The summed E-state index contributed by atoms with van der Waals surface area (Å²) in [5, 5.41) is 4.55. The second kappa shape index (κ2) is 3.51. The number of aromatic amines is 1. The van der Waals surface area contributed by atoms with Gasteiger partial charge in [0.15, 0.2) is 0 Å². The molecule has 76 valence electrons. The molecule has 0 radical (unpaired) electrons. The first kappa shape index (κ1) is 8.68. The van der Waals surface area contributed by atoms with Crippen molar-refractivity contribution < 1.29 is 0 Å². The van der Waals surface area contributed by atoms with Crippen LogP contribution in [0.1, 0.15) is 12.1 Å². The predicted octanol–water partition coefficient (Wildman–Crippen LogP) is 1.94. The molecule has 0 saturated carbocycles. The van der Waals surface area contributed by atoms with Gasteiger partial charge in [0.2, 0.25) is 0 Å². The number of hydrogen-bond donors (Lipinski definition) is 2. The van der Waals surface area contributed by atoms with Gasteiger partial charge in [-0.1, -0.05) is 6.08 Å². The van der Waals surface area contributed by atoms with E-state index in [0.717, 1.165) is 25.2 Å². The molecule has 0 saturated heterocycles. The van der Waals surface area contributed by atoms with E-state index in [1.54, 1.807) is 0 Å². The molecule has 3 heteroatoms. The molecule has 0 aromatic carbocycles. The van der Waals surface area contributed by atoms with E-state index in [-0.39, 0.29) is 0 Å². The Labute approximate surface area is 88.2 Å². The number of pyridine rings is 1. The highest BCUT2D eigenvalue weighted by Crippen LogP contribution is 2.20. The summed E-state index contributed by atoms with van der Waals surface area (Å²) in [5.41, 5.74) is 3.51. The van der Waals surface area contributed by atoms with Gasteiger partial charge in [-0.05, 0) is 36.7 Å². The molecule has 2 N–H and O–H groups in total. The van der Waals surface area contributed by atoms with Gasteiger partial charge in [0.05, 0.1) is 0 Å². The van der Waals surface area contributed by atoms with Crippen molar-refractivity contribution in [1.29, 1.82) is 0 Å². The van der Waals surface area contributed by atoms with Crippen LogP contribution < -0.4 is 5.32 Å². The zero-order valence-electron chi connectivity index (χ0n) is 8.46. The number of hydrogen-bond acceptors (Lipinski definition) is 2. The van der Waals surface area contributed by atoms with Gasteiger partial charge in [0, 0.05) is 23.8 Å². The number of fused-ring (bicyclic) bond motifs is 1. The van der Waals surface area contributed by atoms with E-state index < -0.39 is 0 Å². The van der Waals surface area contributed by atoms with Crippen LogP contribution in [0.4, 0.5) is 0 Å². The van der Waals surface area contributed by atoms with Gasteiger partial charge >= 0.3 is 0 Å². The van der Waals surface area contributed by atoms with Crippen LogP contribution in [0.2, 0.25) is 0 Å². The summed E-state index contributed by atoms with van der Waals surface area (Å²) >= 11 is 0. The third-order valence-electron chi connectivity index (χ3n) is 2.77. The molecule has 1 aliphatic heterocycles. The maximum absolute atomic E-state index is 4.29. The van der Waals surface area contributed by atoms with Gasteiger partial charge in [-0.15, -0.1) is 0 Å². The van der Waals surface area contributed by atoms with E-state index in [0.29, 0.717) is 0 Å². The average molecular weight is 199 g/mol. The average Bonchev–Trinajstić information content (AvgIpc) is 2.74. The Bertz CT molecular complexity index is 477. The Morgan fingerprint density at radius 3 is 3.13 bits per heavy atom. The van der Waals surface area contributed by atoms with Crippen molar-refractivity contribution in [2.75, 3.05) is 13.1 Å². The predicted molar refractivity (Wildman–Crippen MR) is 61.6 cm³/mol. The summed E-state index contributed by atoms with van der Waals surface area (Å²) in [6, 6.07) is 6.22. The molecule has 0 fully saturated rings. The fourth-order valence-electron chi connectivity index (χ4n) is 1.98. The van der Waals surface area contributed by atoms with Crippen molar-refractivity contribution in [2.24, 2.45) is 0 Å². The van der Waals surface area contributed by atoms with Crippen molar-refractivity contribution in [2.45, 2.75) is 6.42 Å². The summed E-state index contributed by atoms with van der Waals surface area (Å²) in [5.74, 6) is 0. The van der Waals surface area contributed by atoms with Crippen LogP contribution >= 0.6 is 0 Å². The maximum Gasteiger partial charge on any atom is 0.137 e. The van der Waals surface area contributed by atoms with E-state index in [1.165, 1.54) is 16.7 Å². The molecule has 3 heterocycles. The van der Waals surface area contributed by atoms with Crippen LogP contribution in [-0.4, -0.2) is 23.1 Å². The lowest BCUT2D eigenvalue weighted by Gasteiger charge is -2.12. The quantitative estimate of drug-likeness (QED) is 0.737. The number of H-pyrrole nitrogens is 1. The highest BCUT2D eigenvalue weighted by Gasteiger charge is 2.08. The van der Waals surface area contributed by atoms with Crippen molar-refractivity contribution in [3.05, 3.63) is 36.2 Å². The summed E-state index contributed by atoms with van der Waals surface area (Å²) < 4.78 is 0. The maximum atomic E-state index is 4.29. The van der Waals surface area contributed by atoms with E-state index in [9.17, 15) is 0 Å². The molecule has 3 nitrogen and oxygen atoms in total. The van der Waals surface area contributed by atoms with Gasteiger partial charge < -0.3 is 10.3 Å². The first-order valence-electron chi connectivity index (χ1n) is 5.27. The summed E-state index contributed by atoms with van der Waals surface area (Å²) in [6.45, 7) is 2.04. The van der Waals surface area contributed by atoms with Crippen LogP contribution in [-0.2, 0) is 0 Å². The Balaban J connectivity index is 2.07. The lowest BCUT2D eigenvalue weighted by Crippen LogP contribution is -2.21. The van der Waals surface area contributed by atoms with E-state index in [4.69, 9.17) is 0 Å². The van der Waals surface area contributed by atoms with Crippen LogP contribution in [0.3, 0.4) is 0 Å². The molecule has 3 rings (SSSR count). The lowest BCUT2D eigenvalue weighted by atomic mass is 10.1. The Hall–Kier alpha value is -1.61. The monoisotopic (exact) mass is 199 g/mol. The SMILES string of the molecule is C1=C(c2cc3cccnc3[nH]2)CNCC1. The van der Waals surface area contributed by atoms with Gasteiger partial charge in [0.1, 0.15) is 5.65 Å². The third-order valence-corrected chi connectivity index (χ3v) is 2.77. The Kier molecular flexibility index (Phi) is 2.03. The molecule has 2 aromatic rings. The van der Waals surface area contributed by atoms with Gasteiger partial charge in [0.25, 0.3) is 0 Å². The summed E-state index contributed by atoms with van der Waals surface area (Å²) in [6.07, 6.45) is 5.22. The molecule has 0 spiro atoms. The van der Waals surface area contributed by atoms with Crippen LogP contribution in [0, 0.1) is 0 Å². The van der Waals surface area contributed by atoms with Gasteiger partial charge in [-0.25, -0.2) is 4.98 Å². The molecule has 0 unspecified atom stereocenters. The second-order valence-corrected chi connectivity index (χ2v) is 3.82. The van der Waals surface area contributed by atoms with Gasteiger partial charge in [-0.3, -0.25) is 0 Å². The van der Waals surface area contributed by atoms with Crippen molar-refractivity contribution in [1.82, 2.24) is 15.3 Å². The molecule has 0 bridgehead atoms. The Morgan fingerprint density at radius 2 is 2.33 bits per heavy atom. The molecule has 0 aliphatic carbocycles. The highest BCUT2D eigenvalue weighted by atomic mass is 14.9. The molecular formula is C12H13N3. The molecule has 2 aromatic heterocycles. The molecular weight excluding hydrogens is 186 g/mol. The van der Waals surface area contributed by atoms with Crippen LogP contribution in [0.15, 0.2) is 30.5 Å². The minimum Gasteiger partial charge on any atom is -0.339 e. The fourth-order valence-corrected chi connectivity index (χ4v) is 1.98. The van der Waals surface area contributed by atoms with Crippen LogP contribution in [0.5, 0.6) is 0 Å². The molecule has 1 aliphatic rings. The third kappa shape index (κ3) is 1.55. The minimum atomic E-state index is 0.951. The molecule has 0 amide bonds. The number of aromatic nitrogens is 2. The number of nitrogens with zero attached hydrogens (tertiary/aromatic N) is 1. The number of nitrogens with one attached hydrogen (secondary N) is 2. The second-order valence-electron chi connectivity index (χ2n) is 3.82. The largest absolute Gasteiger partial charge is 0.339 e. The smallest absolute Gasteiger partial charge is 0.137 e. The van der Waals surface area contributed by atoms with E-state index in [2.05, 4.69) is 33.5 Å². The van der Waals surface area contributed by atoms with Gasteiger partial charge in [-0.2, -0.15) is 0 Å².